The van der Waals surface area contributed by atoms with Crippen LogP contribution in [0, 0.1) is 0 Å². The second-order valence-electron chi connectivity index (χ2n) is 5.74. The van der Waals surface area contributed by atoms with Crippen LogP contribution in [0.25, 0.3) is 10.9 Å². The van der Waals surface area contributed by atoms with Gasteiger partial charge in [0.1, 0.15) is 17.8 Å². The molecule has 0 unspecified atom stereocenters. The number of rotatable bonds is 3. The lowest BCUT2D eigenvalue weighted by molar-refractivity contribution is -0.139. The molecule has 144 valence electrons. The van der Waals surface area contributed by atoms with Gasteiger partial charge in [-0.15, -0.1) is 0 Å². The predicted octanol–water partition coefficient (Wildman–Crippen LogP) is 1.88. The molecule has 2 amide bonds. The smallest absolute Gasteiger partial charge is 0.306 e. The summed E-state index contributed by atoms with van der Waals surface area (Å²) >= 11 is 0. The lowest BCUT2D eigenvalue weighted by Gasteiger charge is -2.11. The molecular formula is C18H13F3N4O3. The summed E-state index contributed by atoms with van der Waals surface area (Å²) in [7, 11) is 0. The van der Waals surface area contributed by atoms with Crippen LogP contribution in [0.2, 0.25) is 0 Å². The fourth-order valence-corrected chi connectivity index (χ4v) is 2.45. The van der Waals surface area contributed by atoms with E-state index < -0.39 is 35.7 Å². The van der Waals surface area contributed by atoms with Gasteiger partial charge in [0.2, 0.25) is 0 Å². The first-order valence-electron chi connectivity index (χ1n) is 7.97. The van der Waals surface area contributed by atoms with E-state index in [9.17, 15) is 27.6 Å². The number of hydrogen-bond acceptors (Lipinski definition) is 4. The fraction of sp³-hybridized carbons (Fsp3) is 0.111. The molecule has 0 bridgehead atoms. The highest BCUT2D eigenvalue weighted by Crippen LogP contribution is 2.25. The van der Waals surface area contributed by atoms with Crippen LogP contribution in [0.4, 0.5) is 13.2 Å². The number of carbonyl (C=O) groups is 2. The van der Waals surface area contributed by atoms with Gasteiger partial charge in [-0.1, -0.05) is 24.3 Å². The van der Waals surface area contributed by atoms with Gasteiger partial charge in [-0.05, 0) is 24.3 Å². The normalized spacial score (nSPS) is 11.2. The molecule has 0 spiro atoms. The monoisotopic (exact) mass is 390 g/mol. The van der Waals surface area contributed by atoms with Crippen molar-refractivity contribution in [1.29, 1.82) is 0 Å². The molecule has 2 aromatic heterocycles. The maximum Gasteiger partial charge on any atom is 0.421 e. The summed E-state index contributed by atoms with van der Waals surface area (Å²) in [6.07, 6.45) is -3.78. The minimum Gasteiger partial charge on any atom is -0.306 e. The van der Waals surface area contributed by atoms with E-state index in [0.29, 0.717) is 16.2 Å². The van der Waals surface area contributed by atoms with Crippen molar-refractivity contribution in [2.75, 3.05) is 0 Å². The third-order valence-electron chi connectivity index (χ3n) is 3.79. The van der Waals surface area contributed by atoms with E-state index in [1.54, 1.807) is 18.2 Å². The summed E-state index contributed by atoms with van der Waals surface area (Å²) in [5.74, 6) is -1.59. The summed E-state index contributed by atoms with van der Waals surface area (Å²) in [5, 5.41) is 0.826. The van der Waals surface area contributed by atoms with Crippen LogP contribution >= 0.6 is 0 Å². The van der Waals surface area contributed by atoms with Crippen LogP contribution in [0.5, 0.6) is 0 Å². The molecule has 0 atom stereocenters. The van der Waals surface area contributed by atoms with Crippen molar-refractivity contribution in [2.45, 2.75) is 12.7 Å². The Morgan fingerprint density at radius 1 is 1.00 bits per heavy atom. The number of hydrazine groups is 1. The van der Waals surface area contributed by atoms with Crippen LogP contribution in [0.1, 0.15) is 16.1 Å². The molecule has 0 radical (unpaired) electrons. The van der Waals surface area contributed by atoms with E-state index in [1.165, 1.54) is 6.07 Å². The molecule has 10 heteroatoms. The molecule has 0 aliphatic heterocycles. The Labute approximate surface area is 155 Å². The zero-order valence-electron chi connectivity index (χ0n) is 14.2. The van der Waals surface area contributed by atoms with Gasteiger partial charge >= 0.3 is 6.18 Å². The molecule has 3 aromatic rings. The maximum absolute atomic E-state index is 12.7. The lowest BCUT2D eigenvalue weighted by Crippen LogP contribution is -2.44. The Kier molecular flexibility index (Phi) is 5.12. The van der Waals surface area contributed by atoms with E-state index >= 15 is 0 Å². The molecule has 3 rings (SSSR count). The molecule has 0 aliphatic rings. The topological polar surface area (TPSA) is 93.1 Å². The molecular weight excluding hydrogens is 377 g/mol. The molecule has 28 heavy (non-hydrogen) atoms. The zero-order valence-corrected chi connectivity index (χ0v) is 14.2. The number of fused-ring (bicyclic) bond motifs is 1. The van der Waals surface area contributed by atoms with Crippen molar-refractivity contribution in [3.63, 3.8) is 0 Å². The van der Waals surface area contributed by atoms with Crippen molar-refractivity contribution in [3.05, 3.63) is 76.3 Å². The molecule has 0 aliphatic carbocycles. The number of amides is 2. The third-order valence-corrected chi connectivity index (χ3v) is 3.79. The largest absolute Gasteiger partial charge is 0.421 e. The minimum absolute atomic E-state index is 0.0373. The van der Waals surface area contributed by atoms with E-state index in [0.717, 1.165) is 17.6 Å². The molecule has 0 saturated carbocycles. The standard InChI is InChI=1S/C18H13F3N4O3/c19-18(20,21)12-5-3-9-25(17(12)28)10-15(26)23-24-16(27)14-8-7-11-4-1-2-6-13(11)22-14/h1-9H,10H2,(H,23,26)(H,24,27). The van der Waals surface area contributed by atoms with Crippen LogP contribution in [-0.4, -0.2) is 21.4 Å². The van der Waals surface area contributed by atoms with Crippen LogP contribution in [-0.2, 0) is 17.5 Å². The Hall–Kier alpha value is -3.69. The van der Waals surface area contributed by atoms with E-state index in [4.69, 9.17) is 0 Å². The highest BCUT2D eigenvalue weighted by molar-refractivity contribution is 5.95. The second kappa shape index (κ2) is 7.51. The molecule has 0 fully saturated rings. The van der Waals surface area contributed by atoms with Gasteiger partial charge in [-0.3, -0.25) is 25.2 Å². The molecule has 0 saturated heterocycles. The van der Waals surface area contributed by atoms with Gasteiger partial charge in [0.05, 0.1) is 5.52 Å². The van der Waals surface area contributed by atoms with E-state index in [1.807, 2.05) is 17.6 Å². The van der Waals surface area contributed by atoms with Crippen molar-refractivity contribution >= 4 is 22.7 Å². The number of aromatic nitrogens is 2. The van der Waals surface area contributed by atoms with Crippen molar-refractivity contribution in [3.8, 4) is 0 Å². The average Bonchev–Trinajstić information content (AvgIpc) is 2.66. The second-order valence-corrected chi connectivity index (χ2v) is 5.74. The number of para-hydroxylation sites is 1. The van der Waals surface area contributed by atoms with Crippen LogP contribution in [0.15, 0.2) is 59.5 Å². The molecule has 1 aromatic carbocycles. The van der Waals surface area contributed by atoms with Crippen molar-refractivity contribution in [1.82, 2.24) is 20.4 Å². The quantitative estimate of drug-likeness (QED) is 0.668. The highest BCUT2D eigenvalue weighted by atomic mass is 19.4. The number of pyridine rings is 2. The maximum atomic E-state index is 12.7. The van der Waals surface area contributed by atoms with Gasteiger partial charge < -0.3 is 4.57 Å². The Morgan fingerprint density at radius 3 is 2.50 bits per heavy atom. The van der Waals surface area contributed by atoms with Crippen LogP contribution < -0.4 is 16.4 Å². The van der Waals surface area contributed by atoms with Gasteiger partial charge in [0.25, 0.3) is 17.4 Å². The summed E-state index contributed by atoms with van der Waals surface area (Å²) in [6, 6.07) is 11.9. The number of benzene rings is 1. The van der Waals surface area contributed by atoms with E-state index in [2.05, 4.69) is 10.4 Å². The summed E-state index contributed by atoms with van der Waals surface area (Å²) in [6.45, 7) is -0.700. The Balaban J connectivity index is 1.65. The van der Waals surface area contributed by atoms with E-state index in [-0.39, 0.29) is 5.69 Å². The van der Waals surface area contributed by atoms with Crippen molar-refractivity contribution < 1.29 is 22.8 Å². The lowest BCUT2D eigenvalue weighted by atomic mass is 10.2. The molecule has 2 heterocycles. The third kappa shape index (κ3) is 4.17. The number of alkyl halides is 3. The molecule has 2 N–H and O–H groups in total. The fourth-order valence-electron chi connectivity index (χ4n) is 2.45. The number of halogens is 3. The number of hydrogen-bond donors (Lipinski definition) is 2. The SMILES string of the molecule is O=C(Cn1cccc(C(F)(F)F)c1=O)NNC(=O)c1ccc2ccccc2n1. The average molecular weight is 390 g/mol. The minimum atomic E-state index is -4.83. The first-order chi connectivity index (χ1) is 13.3. The number of nitrogens with zero attached hydrogens (tertiary/aromatic N) is 2. The first kappa shape index (κ1) is 19.1. The van der Waals surface area contributed by atoms with Gasteiger partial charge in [-0.25, -0.2) is 4.98 Å². The summed E-state index contributed by atoms with van der Waals surface area (Å²) in [5.41, 5.74) is 2.03. The number of nitrogens with one attached hydrogen (secondary N) is 2. The summed E-state index contributed by atoms with van der Waals surface area (Å²) in [4.78, 5) is 39.9. The highest BCUT2D eigenvalue weighted by Gasteiger charge is 2.34. The Bertz CT molecular complexity index is 1110. The van der Waals surface area contributed by atoms with Crippen molar-refractivity contribution in [2.24, 2.45) is 0 Å². The van der Waals surface area contributed by atoms with Gasteiger partial charge in [-0.2, -0.15) is 13.2 Å². The first-order valence-corrected chi connectivity index (χ1v) is 7.97. The number of carbonyl (C=O) groups excluding carboxylic acids is 2. The van der Waals surface area contributed by atoms with Gasteiger partial charge in [0, 0.05) is 11.6 Å². The Morgan fingerprint density at radius 2 is 1.75 bits per heavy atom. The van der Waals surface area contributed by atoms with Crippen LogP contribution in [0.3, 0.4) is 0 Å². The predicted molar refractivity (Wildman–Crippen MR) is 93.1 cm³/mol. The summed E-state index contributed by atoms with van der Waals surface area (Å²) < 4.78 is 38.8. The zero-order chi connectivity index (χ0) is 20.3. The van der Waals surface area contributed by atoms with Gasteiger partial charge in [0.15, 0.2) is 0 Å². The molecule has 7 nitrogen and oxygen atoms in total.